The summed E-state index contributed by atoms with van der Waals surface area (Å²) >= 11 is 0. The van der Waals surface area contributed by atoms with Crippen molar-refractivity contribution in [2.45, 2.75) is 38.3 Å². The molecule has 33 heavy (non-hydrogen) atoms. The average molecular weight is 449 g/mol. The largest absolute Gasteiger partial charge is 0.334 e. The van der Waals surface area contributed by atoms with Crippen molar-refractivity contribution in [3.63, 3.8) is 0 Å². The number of rotatable bonds is 6. The number of likely N-dealkylation sites (N-methyl/N-ethyl adjacent to an activating group) is 1. The first-order chi connectivity index (χ1) is 15.8. The van der Waals surface area contributed by atoms with E-state index >= 15 is 0 Å². The molecule has 3 amide bonds. The van der Waals surface area contributed by atoms with Crippen molar-refractivity contribution in [1.29, 1.82) is 0 Å². The van der Waals surface area contributed by atoms with E-state index in [9.17, 15) is 9.59 Å². The van der Waals surface area contributed by atoms with Gasteiger partial charge in [0.2, 0.25) is 5.91 Å². The minimum atomic E-state index is -0.345. The van der Waals surface area contributed by atoms with Crippen LogP contribution in [0.3, 0.4) is 0 Å². The van der Waals surface area contributed by atoms with E-state index in [2.05, 4.69) is 26.0 Å². The zero-order chi connectivity index (χ0) is 23.6. The van der Waals surface area contributed by atoms with E-state index in [1.807, 2.05) is 82.2 Å². The van der Waals surface area contributed by atoms with Crippen LogP contribution in [0.15, 0.2) is 60.7 Å². The normalized spacial score (nSPS) is 23.3. The lowest BCUT2D eigenvalue weighted by molar-refractivity contribution is -0.136. The molecule has 4 rings (SSSR count). The van der Waals surface area contributed by atoms with Crippen molar-refractivity contribution < 1.29 is 9.59 Å². The third-order valence-electron chi connectivity index (χ3n) is 6.75. The standard InChI is InChI=1S/C27H36N4O2/c1-21(2)18-29-20-27(31(26(29)33)23-13-9-6-10-14-23)15-16-30(25(32)19-28(3)4)24(17-27)22-11-7-5-8-12-22/h5-14,21,24H,15-20H2,1-4H3/t24-,27+/m1/s1. The van der Waals surface area contributed by atoms with Crippen LogP contribution in [0.25, 0.3) is 0 Å². The highest BCUT2D eigenvalue weighted by Crippen LogP contribution is 2.46. The van der Waals surface area contributed by atoms with Gasteiger partial charge in [-0.15, -0.1) is 0 Å². The van der Waals surface area contributed by atoms with Crippen LogP contribution >= 0.6 is 0 Å². The maximum atomic E-state index is 13.7. The Balaban J connectivity index is 1.73. The SMILES string of the molecule is CC(C)CN1C[C@@]2(CCN(C(=O)CN(C)C)[C@@H](c3ccccc3)C2)N(c2ccccc2)C1=O. The molecule has 2 aromatic rings. The lowest BCUT2D eigenvalue weighted by Gasteiger charge is -2.48. The van der Waals surface area contributed by atoms with Crippen molar-refractivity contribution in [3.8, 4) is 0 Å². The van der Waals surface area contributed by atoms with E-state index in [4.69, 9.17) is 0 Å². The molecule has 6 nitrogen and oxygen atoms in total. The number of urea groups is 1. The monoisotopic (exact) mass is 448 g/mol. The van der Waals surface area contributed by atoms with Crippen LogP contribution in [0.5, 0.6) is 0 Å². The average Bonchev–Trinajstić information content (AvgIpc) is 3.04. The highest BCUT2D eigenvalue weighted by atomic mass is 16.2. The topological polar surface area (TPSA) is 47.1 Å². The summed E-state index contributed by atoms with van der Waals surface area (Å²) in [4.78, 5) is 34.9. The zero-order valence-electron chi connectivity index (χ0n) is 20.3. The van der Waals surface area contributed by atoms with E-state index in [0.29, 0.717) is 25.6 Å². The molecule has 0 radical (unpaired) electrons. The number of likely N-dealkylation sites (tertiary alicyclic amines) is 1. The van der Waals surface area contributed by atoms with E-state index in [1.54, 1.807) is 0 Å². The fraction of sp³-hybridized carbons (Fsp3) is 0.481. The van der Waals surface area contributed by atoms with Gasteiger partial charge in [0.25, 0.3) is 0 Å². The Morgan fingerprint density at radius 1 is 1.06 bits per heavy atom. The van der Waals surface area contributed by atoms with E-state index in [1.165, 1.54) is 0 Å². The number of hydrogen-bond donors (Lipinski definition) is 0. The lowest BCUT2D eigenvalue weighted by Crippen LogP contribution is -2.57. The molecular weight excluding hydrogens is 412 g/mol. The molecule has 2 aliphatic rings. The maximum Gasteiger partial charge on any atom is 0.325 e. The molecule has 2 aliphatic heterocycles. The molecule has 0 N–H and O–H groups in total. The van der Waals surface area contributed by atoms with Gasteiger partial charge in [0.05, 0.1) is 18.1 Å². The molecule has 0 saturated carbocycles. The third kappa shape index (κ3) is 4.76. The summed E-state index contributed by atoms with van der Waals surface area (Å²) in [5.74, 6) is 0.534. The van der Waals surface area contributed by atoms with Crippen LogP contribution in [0.1, 0.15) is 38.3 Å². The van der Waals surface area contributed by atoms with Crippen LogP contribution in [0, 0.1) is 5.92 Å². The molecule has 2 aromatic carbocycles. The predicted molar refractivity (Wildman–Crippen MR) is 132 cm³/mol. The Kier molecular flexibility index (Phi) is 6.75. The first-order valence-electron chi connectivity index (χ1n) is 11.9. The minimum Gasteiger partial charge on any atom is -0.334 e. The van der Waals surface area contributed by atoms with Crippen LogP contribution in [-0.4, -0.2) is 72.5 Å². The molecule has 0 aliphatic carbocycles. The molecule has 1 spiro atoms. The molecule has 2 heterocycles. The molecule has 0 aromatic heterocycles. The first kappa shape index (κ1) is 23.3. The third-order valence-corrected chi connectivity index (χ3v) is 6.75. The summed E-state index contributed by atoms with van der Waals surface area (Å²) in [6, 6.07) is 20.3. The Bertz CT molecular complexity index is 963. The van der Waals surface area contributed by atoms with E-state index in [0.717, 1.165) is 30.6 Å². The summed E-state index contributed by atoms with van der Waals surface area (Å²) in [7, 11) is 3.86. The van der Waals surface area contributed by atoms with Gasteiger partial charge in [-0.25, -0.2) is 4.79 Å². The number of nitrogens with zero attached hydrogens (tertiary/aromatic N) is 4. The zero-order valence-corrected chi connectivity index (χ0v) is 20.3. The van der Waals surface area contributed by atoms with Crippen molar-refractivity contribution in [2.75, 3.05) is 45.2 Å². The van der Waals surface area contributed by atoms with Gasteiger partial charge in [-0.05, 0) is 50.6 Å². The maximum absolute atomic E-state index is 13.7. The summed E-state index contributed by atoms with van der Waals surface area (Å²) in [6.07, 6.45) is 1.50. The quantitative estimate of drug-likeness (QED) is 0.664. The van der Waals surface area contributed by atoms with Gasteiger partial charge in [-0.1, -0.05) is 62.4 Å². The van der Waals surface area contributed by atoms with E-state index < -0.39 is 0 Å². The lowest BCUT2D eigenvalue weighted by atomic mass is 9.79. The van der Waals surface area contributed by atoms with Crippen LogP contribution in [0.2, 0.25) is 0 Å². The Morgan fingerprint density at radius 2 is 1.70 bits per heavy atom. The summed E-state index contributed by atoms with van der Waals surface area (Å²) in [5.41, 5.74) is 1.73. The number of benzene rings is 2. The fourth-order valence-corrected chi connectivity index (χ4v) is 5.42. The number of para-hydroxylation sites is 1. The van der Waals surface area contributed by atoms with Gasteiger partial charge in [-0.3, -0.25) is 9.69 Å². The van der Waals surface area contributed by atoms with Gasteiger partial charge in [0, 0.05) is 25.3 Å². The van der Waals surface area contributed by atoms with Gasteiger partial charge in [0.1, 0.15) is 0 Å². The van der Waals surface area contributed by atoms with Gasteiger partial charge in [0.15, 0.2) is 0 Å². The predicted octanol–water partition coefficient (Wildman–Crippen LogP) is 4.25. The second-order valence-electron chi connectivity index (χ2n) is 10.2. The Morgan fingerprint density at radius 3 is 2.30 bits per heavy atom. The molecule has 6 heteroatoms. The summed E-state index contributed by atoms with van der Waals surface area (Å²) in [6.45, 7) is 6.76. The molecule has 176 valence electrons. The Hall–Kier alpha value is -2.86. The first-order valence-corrected chi connectivity index (χ1v) is 11.9. The Labute approximate surface area is 197 Å². The van der Waals surface area contributed by atoms with Crippen LogP contribution < -0.4 is 4.90 Å². The van der Waals surface area contributed by atoms with Gasteiger partial charge < -0.3 is 14.7 Å². The number of piperidine rings is 1. The molecule has 0 unspecified atom stereocenters. The van der Waals surface area contributed by atoms with Crippen molar-refractivity contribution >= 4 is 17.6 Å². The van der Waals surface area contributed by atoms with Gasteiger partial charge >= 0.3 is 6.03 Å². The molecule has 2 fully saturated rings. The van der Waals surface area contributed by atoms with Crippen molar-refractivity contribution in [2.24, 2.45) is 5.92 Å². The van der Waals surface area contributed by atoms with Crippen LogP contribution in [-0.2, 0) is 4.79 Å². The number of amides is 3. The van der Waals surface area contributed by atoms with E-state index in [-0.39, 0.29) is 23.5 Å². The minimum absolute atomic E-state index is 0.0644. The number of hydrogen-bond acceptors (Lipinski definition) is 3. The van der Waals surface area contributed by atoms with Crippen molar-refractivity contribution in [3.05, 3.63) is 66.2 Å². The highest BCUT2D eigenvalue weighted by molar-refractivity contribution is 5.96. The highest BCUT2D eigenvalue weighted by Gasteiger charge is 2.54. The number of anilines is 1. The summed E-state index contributed by atoms with van der Waals surface area (Å²) < 4.78 is 0. The molecule has 0 bridgehead atoms. The number of carbonyl (C=O) groups excluding carboxylic acids is 2. The molecule has 2 saturated heterocycles. The molecular formula is C27H36N4O2. The van der Waals surface area contributed by atoms with Crippen LogP contribution in [0.4, 0.5) is 10.5 Å². The fourth-order valence-electron chi connectivity index (χ4n) is 5.42. The van der Waals surface area contributed by atoms with Crippen molar-refractivity contribution in [1.82, 2.24) is 14.7 Å². The second kappa shape index (κ2) is 9.56. The van der Waals surface area contributed by atoms with Gasteiger partial charge in [-0.2, -0.15) is 0 Å². The summed E-state index contributed by atoms with van der Waals surface area (Å²) in [5, 5.41) is 0. The molecule has 2 atom stereocenters. The number of carbonyl (C=O) groups is 2. The smallest absolute Gasteiger partial charge is 0.325 e. The second-order valence-corrected chi connectivity index (χ2v) is 10.2.